The lowest BCUT2D eigenvalue weighted by molar-refractivity contribution is -0.116. The van der Waals surface area contributed by atoms with Gasteiger partial charge in [0.15, 0.2) is 15.6 Å². The Labute approximate surface area is 240 Å². The van der Waals surface area contributed by atoms with E-state index in [1.54, 1.807) is 31.2 Å². The molecule has 2 aromatic heterocycles. The van der Waals surface area contributed by atoms with Crippen LogP contribution in [0.5, 0.6) is 0 Å². The number of aryl methyl sites for hydroxylation is 1. The van der Waals surface area contributed by atoms with Gasteiger partial charge < -0.3 is 15.2 Å². The second-order valence-electron chi connectivity index (χ2n) is 10.3. The van der Waals surface area contributed by atoms with Crippen LogP contribution in [0.3, 0.4) is 0 Å². The molecule has 0 unspecified atom stereocenters. The molecule has 0 saturated carbocycles. The van der Waals surface area contributed by atoms with Gasteiger partial charge >= 0.3 is 5.69 Å². The molecule has 12 heteroatoms. The average Bonchev–Trinajstić information content (AvgIpc) is 3.59. The Balaban J connectivity index is 1.29. The third-order valence-electron chi connectivity index (χ3n) is 7.10. The molecule has 2 aromatic carbocycles. The van der Waals surface area contributed by atoms with E-state index in [2.05, 4.69) is 15.2 Å². The molecule has 1 aliphatic rings. The van der Waals surface area contributed by atoms with E-state index in [1.807, 2.05) is 0 Å². The number of anilines is 1. The third kappa shape index (κ3) is 6.66. The normalized spacial score (nSPS) is 14.1. The van der Waals surface area contributed by atoms with Crippen LogP contribution in [0.25, 0.3) is 16.6 Å². The fourth-order valence-corrected chi connectivity index (χ4v) is 7.68. The average molecular weight is 599 g/mol. The van der Waals surface area contributed by atoms with E-state index in [4.69, 9.17) is 0 Å². The zero-order valence-corrected chi connectivity index (χ0v) is 24.2. The van der Waals surface area contributed by atoms with Gasteiger partial charge in [0.25, 0.3) is 5.56 Å². The van der Waals surface area contributed by atoms with E-state index >= 15 is 4.39 Å². The molecule has 4 aromatic rings. The highest BCUT2D eigenvalue weighted by atomic mass is 32.2. The molecule has 0 bridgehead atoms. The van der Waals surface area contributed by atoms with Crippen LogP contribution in [-0.4, -0.2) is 60.6 Å². The fourth-order valence-electron chi connectivity index (χ4n) is 5.07. The Morgan fingerprint density at radius 3 is 2.56 bits per heavy atom. The zero-order chi connectivity index (χ0) is 29.1. The molecule has 0 atom stereocenters. The summed E-state index contributed by atoms with van der Waals surface area (Å²) in [7, 11) is -3.79. The van der Waals surface area contributed by atoms with Crippen molar-refractivity contribution >= 4 is 43.5 Å². The molecule has 3 heterocycles. The molecule has 9 nitrogen and oxygen atoms in total. The molecule has 41 heavy (non-hydrogen) atoms. The molecule has 216 valence electrons. The van der Waals surface area contributed by atoms with Gasteiger partial charge in [-0.3, -0.25) is 9.59 Å². The number of benzene rings is 2. The second kappa shape index (κ2) is 12.1. The minimum Gasteiger partial charge on any atom is -0.385 e. The molecular weight excluding hydrogens is 567 g/mol. The Bertz CT molecular complexity index is 1820. The van der Waals surface area contributed by atoms with E-state index in [0.717, 1.165) is 65.1 Å². The Morgan fingerprint density at radius 2 is 1.85 bits per heavy atom. The summed E-state index contributed by atoms with van der Waals surface area (Å²) in [5.41, 5.74) is -0.397. The maximum atomic E-state index is 15.1. The number of halogens is 1. The molecular formula is C29H31FN4O5S2. The van der Waals surface area contributed by atoms with Gasteiger partial charge in [-0.1, -0.05) is 6.07 Å². The van der Waals surface area contributed by atoms with Crippen LogP contribution in [0.15, 0.2) is 62.3 Å². The van der Waals surface area contributed by atoms with Crippen molar-refractivity contribution < 1.29 is 17.6 Å². The fraction of sp³-hybridized carbons (Fsp3) is 0.345. The van der Waals surface area contributed by atoms with E-state index in [9.17, 15) is 22.8 Å². The highest BCUT2D eigenvalue weighted by Gasteiger charge is 2.22. The maximum Gasteiger partial charge on any atom is 0.333 e. The molecule has 0 radical (unpaired) electrons. The minimum atomic E-state index is -3.79. The summed E-state index contributed by atoms with van der Waals surface area (Å²) >= 11 is 1.09. The number of fused-ring (bicyclic) bond motifs is 1. The first-order valence-electron chi connectivity index (χ1n) is 13.5. The number of carbonyl (C=O) groups excluding carboxylic acids is 1. The molecule has 5 rings (SSSR count). The predicted octanol–water partition coefficient (Wildman–Crippen LogP) is 3.67. The summed E-state index contributed by atoms with van der Waals surface area (Å²) in [5, 5.41) is 3.54. The van der Waals surface area contributed by atoms with Crippen LogP contribution in [-0.2, 0) is 21.1 Å². The number of hydrogen-bond donors (Lipinski definition) is 2. The quantitative estimate of drug-likeness (QED) is 0.253. The zero-order valence-electron chi connectivity index (χ0n) is 22.6. The number of ketones is 1. The Kier molecular flexibility index (Phi) is 8.52. The number of aromatic nitrogens is 2. The number of Topliss-reactive ketones (excluding diaryl/α,β-unsaturated/α-hetero) is 1. The van der Waals surface area contributed by atoms with Gasteiger partial charge in [0.2, 0.25) is 0 Å². The first-order valence-corrected chi connectivity index (χ1v) is 15.9. The second-order valence-corrected chi connectivity index (χ2v) is 13.8. The van der Waals surface area contributed by atoms with Crippen molar-refractivity contribution in [2.75, 3.05) is 37.2 Å². The van der Waals surface area contributed by atoms with Gasteiger partial charge in [-0.05, 0) is 93.8 Å². The summed E-state index contributed by atoms with van der Waals surface area (Å²) in [6.07, 6.45) is 3.16. The molecule has 1 aliphatic heterocycles. The van der Waals surface area contributed by atoms with Crippen molar-refractivity contribution in [1.29, 1.82) is 0 Å². The Hall–Kier alpha value is -3.61. The Morgan fingerprint density at radius 1 is 1.07 bits per heavy atom. The maximum absolute atomic E-state index is 15.1. The number of likely N-dealkylation sites (tertiary alicyclic amines) is 1. The van der Waals surface area contributed by atoms with Gasteiger partial charge in [-0.15, -0.1) is 11.3 Å². The number of rotatable bonds is 11. The number of nitrogens with one attached hydrogen (secondary N) is 2. The molecule has 2 N–H and O–H groups in total. The van der Waals surface area contributed by atoms with E-state index in [-0.39, 0.29) is 27.3 Å². The topological polar surface area (TPSA) is 121 Å². The van der Waals surface area contributed by atoms with E-state index in [0.29, 0.717) is 5.52 Å². The molecule has 1 fully saturated rings. The highest BCUT2D eigenvalue weighted by molar-refractivity contribution is 7.94. The number of thiophene rings is 1. The van der Waals surface area contributed by atoms with Crippen LogP contribution in [0.1, 0.15) is 29.7 Å². The van der Waals surface area contributed by atoms with Crippen LogP contribution in [0.2, 0.25) is 0 Å². The summed E-state index contributed by atoms with van der Waals surface area (Å²) < 4.78 is 41.0. The molecule has 0 spiro atoms. The predicted molar refractivity (Wildman–Crippen MR) is 159 cm³/mol. The number of aromatic amines is 1. The van der Waals surface area contributed by atoms with Crippen molar-refractivity contribution in [2.45, 2.75) is 36.8 Å². The molecule has 0 amide bonds. The van der Waals surface area contributed by atoms with Crippen molar-refractivity contribution in [2.24, 2.45) is 0 Å². The summed E-state index contributed by atoms with van der Waals surface area (Å²) in [6.45, 7) is 5.84. The van der Waals surface area contributed by atoms with Gasteiger partial charge in [-0.25, -0.2) is 22.2 Å². The minimum absolute atomic E-state index is 0.111. The smallest absolute Gasteiger partial charge is 0.333 e. The third-order valence-corrected chi connectivity index (χ3v) is 10.4. The van der Waals surface area contributed by atoms with Crippen LogP contribution >= 0.6 is 11.3 Å². The summed E-state index contributed by atoms with van der Waals surface area (Å²) in [6, 6.07) is 11.8. The number of H-pyrrole nitrogens is 1. The van der Waals surface area contributed by atoms with E-state index in [1.165, 1.54) is 31.0 Å². The first kappa shape index (κ1) is 28.9. The largest absolute Gasteiger partial charge is 0.385 e. The van der Waals surface area contributed by atoms with Crippen molar-refractivity contribution in [3.05, 3.63) is 85.6 Å². The number of sulfone groups is 1. The van der Waals surface area contributed by atoms with Gasteiger partial charge in [0.1, 0.15) is 15.8 Å². The van der Waals surface area contributed by atoms with Crippen LogP contribution < -0.4 is 16.6 Å². The lowest BCUT2D eigenvalue weighted by Crippen LogP contribution is -2.34. The number of hydrogen-bond acceptors (Lipinski definition) is 8. The van der Waals surface area contributed by atoms with Crippen molar-refractivity contribution in [3.63, 3.8) is 0 Å². The van der Waals surface area contributed by atoms with Crippen molar-refractivity contribution in [1.82, 2.24) is 14.5 Å². The van der Waals surface area contributed by atoms with Crippen LogP contribution in [0.4, 0.5) is 10.1 Å². The SMILES string of the molecule is Cc1ccc(S(=O)(=O)CC(=O)Cc2ccc(-n3c(=O)[nH]c4cc(NCCCN5CCCC5)ccc4c3=O)c(F)c2)s1. The van der Waals surface area contributed by atoms with Gasteiger partial charge in [0.05, 0.1) is 16.6 Å². The summed E-state index contributed by atoms with van der Waals surface area (Å²) in [4.78, 5) is 44.5. The van der Waals surface area contributed by atoms with Gasteiger partial charge in [-0.2, -0.15) is 0 Å². The molecule has 1 saturated heterocycles. The van der Waals surface area contributed by atoms with E-state index < -0.39 is 38.4 Å². The van der Waals surface area contributed by atoms with Crippen LogP contribution in [0, 0.1) is 12.7 Å². The standard InChI is InChI=1S/C29H31FN4O5S2/c1-19-5-10-27(40-19)41(38,39)18-22(35)15-20-6-9-26(24(30)16-20)34-28(36)23-8-7-21(17-25(23)32-29(34)37)31-11-4-14-33-12-2-3-13-33/h5-10,16-17,31H,2-4,11-15,18H2,1H3,(H,32,37). The number of nitrogens with zero attached hydrogens (tertiary/aromatic N) is 2. The number of carbonyl (C=O) groups is 1. The monoisotopic (exact) mass is 598 g/mol. The first-order chi connectivity index (χ1) is 19.6. The lowest BCUT2D eigenvalue weighted by Gasteiger charge is -2.15. The van der Waals surface area contributed by atoms with Gasteiger partial charge in [0, 0.05) is 23.5 Å². The highest BCUT2D eigenvalue weighted by Crippen LogP contribution is 2.23. The summed E-state index contributed by atoms with van der Waals surface area (Å²) in [5.74, 6) is -2.17. The molecule has 0 aliphatic carbocycles. The lowest BCUT2D eigenvalue weighted by atomic mass is 10.1. The van der Waals surface area contributed by atoms with Crippen molar-refractivity contribution in [3.8, 4) is 5.69 Å².